The summed E-state index contributed by atoms with van der Waals surface area (Å²) >= 11 is 0. The van der Waals surface area contributed by atoms with Crippen molar-refractivity contribution >= 4 is 22.6 Å². The highest BCUT2D eigenvalue weighted by atomic mass is 16.2. The summed E-state index contributed by atoms with van der Waals surface area (Å²) in [7, 11) is 0. The van der Waals surface area contributed by atoms with Gasteiger partial charge in [-0.05, 0) is 23.3 Å². The van der Waals surface area contributed by atoms with E-state index in [1.54, 1.807) is 0 Å². The van der Waals surface area contributed by atoms with E-state index in [1.807, 2.05) is 31.2 Å². The summed E-state index contributed by atoms with van der Waals surface area (Å²) < 4.78 is 0. The van der Waals surface area contributed by atoms with Crippen LogP contribution in [0.2, 0.25) is 0 Å². The van der Waals surface area contributed by atoms with E-state index in [-0.39, 0.29) is 30.2 Å². The normalized spacial score (nSPS) is 19.3. The van der Waals surface area contributed by atoms with Crippen molar-refractivity contribution in [1.29, 1.82) is 0 Å². The summed E-state index contributed by atoms with van der Waals surface area (Å²) in [4.78, 5) is 23.4. The molecule has 0 aromatic heterocycles. The third-order valence-corrected chi connectivity index (χ3v) is 4.00. The van der Waals surface area contributed by atoms with Crippen LogP contribution in [0.3, 0.4) is 0 Å². The second kappa shape index (κ2) is 5.56. The molecular weight excluding hydrogens is 264 g/mol. The van der Waals surface area contributed by atoms with E-state index in [2.05, 4.69) is 28.8 Å². The topological polar surface area (TPSA) is 58.2 Å². The monoisotopic (exact) mass is 282 g/mol. The Bertz CT molecular complexity index is 691. The molecule has 2 amide bonds. The number of rotatable bonds is 3. The fourth-order valence-corrected chi connectivity index (χ4v) is 2.83. The molecule has 0 saturated carbocycles. The number of hydrogen-bond donors (Lipinski definition) is 2. The largest absolute Gasteiger partial charge is 0.355 e. The van der Waals surface area contributed by atoms with Gasteiger partial charge in [0.2, 0.25) is 11.8 Å². The SMILES string of the molecule is CC(NC(=O)C1CNC(=O)C1)c1cccc2ccccc12. The van der Waals surface area contributed by atoms with Crippen LogP contribution in [-0.4, -0.2) is 18.4 Å². The van der Waals surface area contributed by atoms with Crippen molar-refractivity contribution in [2.45, 2.75) is 19.4 Å². The van der Waals surface area contributed by atoms with E-state index >= 15 is 0 Å². The van der Waals surface area contributed by atoms with Gasteiger partial charge in [-0.25, -0.2) is 0 Å². The molecule has 1 heterocycles. The van der Waals surface area contributed by atoms with Crippen LogP contribution in [0.1, 0.15) is 24.9 Å². The number of nitrogens with one attached hydrogen (secondary N) is 2. The van der Waals surface area contributed by atoms with Crippen molar-refractivity contribution < 1.29 is 9.59 Å². The van der Waals surface area contributed by atoms with E-state index in [9.17, 15) is 9.59 Å². The molecular formula is C17H18N2O2. The Hall–Kier alpha value is -2.36. The third kappa shape index (κ3) is 2.75. The van der Waals surface area contributed by atoms with E-state index in [1.165, 1.54) is 0 Å². The highest BCUT2D eigenvalue weighted by Crippen LogP contribution is 2.24. The lowest BCUT2D eigenvalue weighted by molar-refractivity contribution is -0.127. The lowest BCUT2D eigenvalue weighted by atomic mass is 9.99. The van der Waals surface area contributed by atoms with Gasteiger partial charge in [-0.15, -0.1) is 0 Å². The zero-order chi connectivity index (χ0) is 14.8. The Balaban J connectivity index is 1.79. The van der Waals surface area contributed by atoms with Crippen molar-refractivity contribution in [3.63, 3.8) is 0 Å². The summed E-state index contributed by atoms with van der Waals surface area (Å²) in [5.74, 6) is -0.364. The molecule has 0 spiro atoms. The highest BCUT2D eigenvalue weighted by Gasteiger charge is 2.28. The number of fused-ring (bicyclic) bond motifs is 1. The van der Waals surface area contributed by atoms with Gasteiger partial charge in [0.25, 0.3) is 0 Å². The van der Waals surface area contributed by atoms with Gasteiger partial charge in [0.15, 0.2) is 0 Å². The molecule has 2 N–H and O–H groups in total. The van der Waals surface area contributed by atoms with Crippen LogP contribution in [0.25, 0.3) is 10.8 Å². The predicted octanol–water partition coefficient (Wildman–Crippen LogP) is 2.15. The lowest BCUT2D eigenvalue weighted by Crippen LogP contribution is -2.33. The van der Waals surface area contributed by atoms with E-state index < -0.39 is 0 Å². The van der Waals surface area contributed by atoms with Crippen LogP contribution in [0.4, 0.5) is 0 Å². The number of carbonyl (C=O) groups excluding carboxylic acids is 2. The summed E-state index contributed by atoms with van der Waals surface area (Å²) in [5, 5.41) is 8.02. The maximum Gasteiger partial charge on any atom is 0.225 e. The molecule has 3 rings (SSSR count). The Morgan fingerprint density at radius 2 is 2.00 bits per heavy atom. The first kappa shape index (κ1) is 13.6. The van der Waals surface area contributed by atoms with Crippen molar-refractivity contribution in [1.82, 2.24) is 10.6 Å². The Kier molecular flexibility index (Phi) is 3.60. The zero-order valence-electron chi connectivity index (χ0n) is 11.9. The molecule has 108 valence electrons. The zero-order valence-corrected chi connectivity index (χ0v) is 11.9. The molecule has 21 heavy (non-hydrogen) atoms. The summed E-state index contributed by atoms with van der Waals surface area (Å²) in [6, 6.07) is 14.1. The molecule has 1 aliphatic heterocycles. The Labute approximate surface area is 123 Å². The van der Waals surface area contributed by atoms with Gasteiger partial charge in [-0.2, -0.15) is 0 Å². The first-order chi connectivity index (χ1) is 10.1. The third-order valence-electron chi connectivity index (χ3n) is 4.00. The average Bonchev–Trinajstić information content (AvgIpc) is 2.93. The molecule has 0 bridgehead atoms. The fourth-order valence-electron chi connectivity index (χ4n) is 2.83. The van der Waals surface area contributed by atoms with Gasteiger partial charge in [0, 0.05) is 13.0 Å². The van der Waals surface area contributed by atoms with Crippen LogP contribution in [0.15, 0.2) is 42.5 Å². The minimum Gasteiger partial charge on any atom is -0.355 e. The van der Waals surface area contributed by atoms with Gasteiger partial charge >= 0.3 is 0 Å². The van der Waals surface area contributed by atoms with Gasteiger partial charge in [0.05, 0.1) is 12.0 Å². The van der Waals surface area contributed by atoms with E-state index in [0.717, 1.165) is 16.3 Å². The average molecular weight is 282 g/mol. The molecule has 2 unspecified atom stereocenters. The van der Waals surface area contributed by atoms with E-state index in [0.29, 0.717) is 6.54 Å². The maximum atomic E-state index is 12.2. The van der Waals surface area contributed by atoms with Crippen molar-refractivity contribution in [2.75, 3.05) is 6.54 Å². The summed E-state index contributed by atoms with van der Waals surface area (Å²) in [6.45, 7) is 2.41. The minimum atomic E-state index is -0.255. The van der Waals surface area contributed by atoms with Gasteiger partial charge in [-0.3, -0.25) is 9.59 Å². The lowest BCUT2D eigenvalue weighted by Gasteiger charge is -2.18. The van der Waals surface area contributed by atoms with Crippen LogP contribution < -0.4 is 10.6 Å². The van der Waals surface area contributed by atoms with Crippen molar-refractivity contribution in [3.8, 4) is 0 Å². The number of benzene rings is 2. The van der Waals surface area contributed by atoms with Crippen LogP contribution in [-0.2, 0) is 9.59 Å². The molecule has 0 aliphatic carbocycles. The molecule has 2 aromatic carbocycles. The second-order valence-corrected chi connectivity index (χ2v) is 5.50. The van der Waals surface area contributed by atoms with Gasteiger partial charge < -0.3 is 10.6 Å². The van der Waals surface area contributed by atoms with Gasteiger partial charge in [0.1, 0.15) is 0 Å². The molecule has 1 fully saturated rings. The fraction of sp³-hybridized carbons (Fsp3) is 0.294. The second-order valence-electron chi connectivity index (χ2n) is 5.50. The quantitative estimate of drug-likeness (QED) is 0.906. The predicted molar refractivity (Wildman–Crippen MR) is 81.6 cm³/mol. The maximum absolute atomic E-state index is 12.2. The molecule has 1 aliphatic rings. The molecule has 1 saturated heterocycles. The minimum absolute atomic E-state index is 0.0482. The standard InChI is InChI=1S/C17H18N2O2/c1-11(19-17(21)13-9-16(20)18-10-13)14-8-4-6-12-5-2-3-7-15(12)14/h2-8,11,13H,9-10H2,1H3,(H,18,20)(H,19,21). The molecule has 2 atom stereocenters. The molecule has 0 radical (unpaired) electrons. The van der Waals surface area contributed by atoms with E-state index in [4.69, 9.17) is 0 Å². The smallest absolute Gasteiger partial charge is 0.225 e. The Morgan fingerprint density at radius 1 is 1.24 bits per heavy atom. The van der Waals surface area contributed by atoms with Crippen LogP contribution in [0.5, 0.6) is 0 Å². The number of hydrogen-bond acceptors (Lipinski definition) is 2. The highest BCUT2D eigenvalue weighted by molar-refractivity contribution is 5.90. The molecule has 2 aromatic rings. The number of amides is 2. The van der Waals surface area contributed by atoms with Crippen LogP contribution in [0, 0.1) is 5.92 Å². The summed E-state index contributed by atoms with van der Waals surface area (Å²) in [6.07, 6.45) is 0.286. The van der Waals surface area contributed by atoms with Crippen LogP contribution >= 0.6 is 0 Å². The summed E-state index contributed by atoms with van der Waals surface area (Å²) in [5.41, 5.74) is 1.10. The first-order valence-electron chi connectivity index (χ1n) is 7.20. The molecule has 4 heteroatoms. The van der Waals surface area contributed by atoms with Crippen molar-refractivity contribution in [2.24, 2.45) is 5.92 Å². The van der Waals surface area contributed by atoms with Crippen molar-refractivity contribution in [3.05, 3.63) is 48.0 Å². The van der Waals surface area contributed by atoms with Gasteiger partial charge in [-0.1, -0.05) is 42.5 Å². The molecule has 4 nitrogen and oxygen atoms in total. The Morgan fingerprint density at radius 3 is 2.76 bits per heavy atom. The number of carbonyl (C=O) groups is 2. The first-order valence-corrected chi connectivity index (χ1v) is 7.20.